The second-order valence-corrected chi connectivity index (χ2v) is 5.24. The van der Waals surface area contributed by atoms with Crippen molar-refractivity contribution in [3.05, 3.63) is 63.6 Å². The minimum Gasteiger partial charge on any atom is -0.488 e. The van der Waals surface area contributed by atoms with E-state index in [-0.39, 0.29) is 5.96 Å². The van der Waals surface area contributed by atoms with Crippen molar-refractivity contribution >= 4 is 35.4 Å². The first kappa shape index (κ1) is 16.1. The number of nitrogens with zero attached hydrogens (tertiary/aromatic N) is 2. The molecule has 22 heavy (non-hydrogen) atoms. The van der Waals surface area contributed by atoms with Crippen LogP contribution in [0.15, 0.2) is 52.7 Å². The van der Waals surface area contributed by atoms with Gasteiger partial charge in [-0.15, -0.1) is 5.10 Å². The maximum absolute atomic E-state index is 5.99. The summed E-state index contributed by atoms with van der Waals surface area (Å²) in [4.78, 5) is 0. The Morgan fingerprint density at radius 2 is 1.73 bits per heavy atom. The Kier molecular flexibility index (Phi) is 5.63. The van der Waals surface area contributed by atoms with E-state index in [1.54, 1.807) is 30.3 Å². The van der Waals surface area contributed by atoms with E-state index in [2.05, 4.69) is 10.2 Å². The van der Waals surface area contributed by atoms with Crippen molar-refractivity contribution in [3.8, 4) is 5.75 Å². The van der Waals surface area contributed by atoms with Crippen molar-refractivity contribution in [1.29, 1.82) is 0 Å². The first-order valence-corrected chi connectivity index (χ1v) is 7.09. The lowest BCUT2D eigenvalue weighted by Crippen LogP contribution is -2.21. The van der Waals surface area contributed by atoms with Crippen LogP contribution in [0.25, 0.3) is 0 Å². The van der Waals surface area contributed by atoms with Crippen LogP contribution in [0.2, 0.25) is 10.0 Å². The quantitative estimate of drug-likeness (QED) is 0.499. The van der Waals surface area contributed by atoms with Gasteiger partial charge in [-0.3, -0.25) is 0 Å². The molecule has 0 amide bonds. The second kappa shape index (κ2) is 7.68. The highest BCUT2D eigenvalue weighted by molar-refractivity contribution is 6.31. The lowest BCUT2D eigenvalue weighted by Gasteiger charge is -2.09. The van der Waals surface area contributed by atoms with Crippen molar-refractivity contribution in [1.82, 2.24) is 0 Å². The first-order chi connectivity index (χ1) is 10.5. The molecule has 2 rings (SSSR count). The number of hydrogen-bond donors (Lipinski definition) is 2. The normalized spacial score (nSPS) is 10.6. The van der Waals surface area contributed by atoms with Gasteiger partial charge in [0.1, 0.15) is 12.4 Å². The van der Waals surface area contributed by atoms with E-state index in [1.165, 1.54) is 6.21 Å². The summed E-state index contributed by atoms with van der Waals surface area (Å²) in [5.74, 6) is 0.464. The fourth-order valence-corrected chi connectivity index (χ4v) is 1.93. The van der Waals surface area contributed by atoms with Crippen LogP contribution >= 0.6 is 23.2 Å². The molecule has 4 N–H and O–H groups in total. The van der Waals surface area contributed by atoms with Crippen LogP contribution in [0.3, 0.4) is 0 Å². The predicted octanol–water partition coefficient (Wildman–Crippen LogP) is 3.18. The molecule has 0 fully saturated rings. The molecule has 114 valence electrons. The van der Waals surface area contributed by atoms with Crippen LogP contribution in [0.5, 0.6) is 5.75 Å². The van der Waals surface area contributed by atoms with Gasteiger partial charge < -0.3 is 16.2 Å². The number of nitrogens with two attached hydrogens (primary N) is 2. The highest BCUT2D eigenvalue weighted by Gasteiger charge is 2.04. The Labute approximate surface area is 138 Å². The molecule has 0 aliphatic rings. The molecule has 7 heteroatoms. The molecule has 2 aromatic rings. The maximum Gasteiger partial charge on any atom is 0.211 e. The van der Waals surface area contributed by atoms with Crippen molar-refractivity contribution in [2.75, 3.05) is 0 Å². The smallest absolute Gasteiger partial charge is 0.211 e. The van der Waals surface area contributed by atoms with Gasteiger partial charge in [0.15, 0.2) is 0 Å². The van der Waals surface area contributed by atoms with E-state index >= 15 is 0 Å². The Morgan fingerprint density at radius 1 is 1.05 bits per heavy atom. The van der Waals surface area contributed by atoms with E-state index in [0.29, 0.717) is 28.0 Å². The van der Waals surface area contributed by atoms with Gasteiger partial charge in [-0.05, 0) is 35.9 Å². The third-order valence-electron chi connectivity index (χ3n) is 2.65. The number of halogens is 2. The summed E-state index contributed by atoms with van der Waals surface area (Å²) in [6.45, 7) is 0.376. The zero-order chi connectivity index (χ0) is 15.9. The summed E-state index contributed by atoms with van der Waals surface area (Å²) in [7, 11) is 0. The molecule has 0 saturated carbocycles. The molecule has 0 atom stereocenters. The molecular formula is C15H14Cl2N4O. The molecule has 0 spiro atoms. The van der Waals surface area contributed by atoms with E-state index in [4.69, 9.17) is 39.4 Å². The van der Waals surface area contributed by atoms with E-state index in [1.807, 2.05) is 12.1 Å². The van der Waals surface area contributed by atoms with Gasteiger partial charge in [-0.1, -0.05) is 35.3 Å². The van der Waals surface area contributed by atoms with Gasteiger partial charge in [-0.25, -0.2) is 0 Å². The second-order valence-electron chi connectivity index (χ2n) is 4.37. The van der Waals surface area contributed by atoms with E-state index < -0.39 is 0 Å². The average Bonchev–Trinajstić information content (AvgIpc) is 2.48. The molecule has 0 radical (unpaired) electrons. The van der Waals surface area contributed by atoms with Crippen molar-refractivity contribution in [3.63, 3.8) is 0 Å². The first-order valence-electron chi connectivity index (χ1n) is 6.33. The lowest BCUT2D eigenvalue weighted by atomic mass is 10.2. The van der Waals surface area contributed by atoms with Gasteiger partial charge in [0, 0.05) is 15.6 Å². The Balaban J connectivity index is 2.14. The molecule has 0 heterocycles. The zero-order valence-electron chi connectivity index (χ0n) is 11.5. The topological polar surface area (TPSA) is 86.0 Å². The Morgan fingerprint density at radius 3 is 2.41 bits per heavy atom. The van der Waals surface area contributed by atoms with Crippen LogP contribution in [-0.2, 0) is 6.61 Å². The highest BCUT2D eigenvalue weighted by Crippen LogP contribution is 2.23. The van der Waals surface area contributed by atoms with Crippen molar-refractivity contribution < 1.29 is 4.74 Å². The number of hydrogen-bond acceptors (Lipinski definition) is 3. The van der Waals surface area contributed by atoms with Crippen LogP contribution in [0.4, 0.5) is 0 Å². The summed E-state index contributed by atoms with van der Waals surface area (Å²) in [6, 6.07) is 12.6. The monoisotopic (exact) mass is 336 g/mol. The minimum atomic E-state index is -0.117. The standard InChI is InChI=1S/C15H14Cl2N4O/c16-12-4-1-10(2-5-12)9-22-14-7-13(17)6-3-11(14)8-20-21-15(18)19/h1-8H,9H2,(H4,18,19,21)/b20-8+. The third kappa shape index (κ3) is 4.95. The van der Waals surface area contributed by atoms with Crippen LogP contribution in [-0.4, -0.2) is 12.2 Å². The Hall–Kier alpha value is -2.24. The molecule has 0 bridgehead atoms. The van der Waals surface area contributed by atoms with Crippen molar-refractivity contribution in [2.24, 2.45) is 21.7 Å². The molecular weight excluding hydrogens is 323 g/mol. The van der Waals surface area contributed by atoms with Gasteiger partial charge in [0.05, 0.1) is 6.21 Å². The Bertz CT molecular complexity index is 695. The molecule has 2 aromatic carbocycles. The fraction of sp³-hybridized carbons (Fsp3) is 0.0667. The SMILES string of the molecule is NC(N)=N/N=C/c1ccc(Cl)cc1OCc1ccc(Cl)cc1. The lowest BCUT2D eigenvalue weighted by molar-refractivity contribution is 0.306. The van der Waals surface area contributed by atoms with Crippen molar-refractivity contribution in [2.45, 2.75) is 6.61 Å². The molecule has 0 unspecified atom stereocenters. The van der Waals surface area contributed by atoms with Gasteiger partial charge in [0.25, 0.3) is 0 Å². The largest absolute Gasteiger partial charge is 0.488 e. The summed E-state index contributed by atoms with van der Waals surface area (Å²) in [5, 5.41) is 8.56. The number of rotatable bonds is 5. The number of ether oxygens (including phenoxy) is 1. The summed E-state index contributed by atoms with van der Waals surface area (Å²) in [6.07, 6.45) is 1.49. The van der Waals surface area contributed by atoms with Gasteiger partial charge >= 0.3 is 0 Å². The average molecular weight is 337 g/mol. The summed E-state index contributed by atoms with van der Waals surface area (Å²) >= 11 is 11.8. The molecule has 0 aromatic heterocycles. The molecule has 0 saturated heterocycles. The summed E-state index contributed by atoms with van der Waals surface area (Å²) in [5.41, 5.74) is 12.1. The van der Waals surface area contributed by atoms with Gasteiger partial charge in [-0.2, -0.15) is 5.10 Å². The molecule has 0 aliphatic heterocycles. The zero-order valence-corrected chi connectivity index (χ0v) is 13.1. The maximum atomic E-state index is 5.99. The number of guanidine groups is 1. The van der Waals surface area contributed by atoms with Crippen LogP contribution < -0.4 is 16.2 Å². The fourth-order valence-electron chi connectivity index (χ4n) is 1.64. The number of benzene rings is 2. The van der Waals surface area contributed by atoms with Crippen LogP contribution in [0, 0.1) is 0 Å². The predicted molar refractivity (Wildman–Crippen MR) is 90.6 cm³/mol. The summed E-state index contributed by atoms with van der Waals surface area (Å²) < 4.78 is 5.77. The van der Waals surface area contributed by atoms with Crippen LogP contribution in [0.1, 0.15) is 11.1 Å². The van der Waals surface area contributed by atoms with Gasteiger partial charge in [0.2, 0.25) is 5.96 Å². The molecule has 5 nitrogen and oxygen atoms in total. The van der Waals surface area contributed by atoms with E-state index in [9.17, 15) is 0 Å². The molecule has 0 aliphatic carbocycles. The third-order valence-corrected chi connectivity index (χ3v) is 3.14. The highest BCUT2D eigenvalue weighted by atomic mass is 35.5. The van der Waals surface area contributed by atoms with E-state index in [0.717, 1.165) is 5.56 Å². The minimum absolute atomic E-state index is 0.117.